The number of nitrogens with zero attached hydrogens (tertiary/aromatic N) is 1. The average molecular weight is 292 g/mol. The first-order valence-corrected chi connectivity index (χ1v) is 6.79. The number of rotatable bonds is 4. The molecular formula is C14H16N2O5. The van der Waals surface area contributed by atoms with Gasteiger partial charge in [-0.3, -0.25) is 9.69 Å². The lowest BCUT2D eigenvalue weighted by Gasteiger charge is -2.25. The van der Waals surface area contributed by atoms with E-state index in [0.717, 1.165) is 12.0 Å². The molecule has 2 aliphatic heterocycles. The van der Waals surface area contributed by atoms with Crippen molar-refractivity contribution in [1.82, 2.24) is 10.2 Å². The molecule has 3 rings (SSSR count). The number of fused-ring (bicyclic) bond motifs is 1. The highest BCUT2D eigenvalue weighted by Gasteiger charge is 2.21. The van der Waals surface area contributed by atoms with Gasteiger partial charge in [0, 0.05) is 13.1 Å². The topological polar surface area (TPSA) is 77.1 Å². The fourth-order valence-corrected chi connectivity index (χ4v) is 2.22. The van der Waals surface area contributed by atoms with Crippen LogP contribution in [0.25, 0.3) is 0 Å². The third-order valence-corrected chi connectivity index (χ3v) is 3.32. The molecule has 7 nitrogen and oxygen atoms in total. The first kappa shape index (κ1) is 13.5. The zero-order chi connectivity index (χ0) is 14.7. The van der Waals surface area contributed by atoms with E-state index in [0.29, 0.717) is 31.2 Å². The van der Waals surface area contributed by atoms with Gasteiger partial charge in [-0.1, -0.05) is 6.07 Å². The number of nitrogens with one attached hydrogen (secondary N) is 1. The predicted octanol–water partition coefficient (Wildman–Crippen LogP) is 0.874. The molecule has 0 unspecified atom stereocenters. The summed E-state index contributed by atoms with van der Waals surface area (Å²) in [4.78, 5) is 24.7. The Morgan fingerprint density at radius 2 is 2.10 bits per heavy atom. The normalized spacial score (nSPS) is 16.6. The number of hydrogen-bond acceptors (Lipinski definition) is 5. The van der Waals surface area contributed by atoms with Crippen LogP contribution in [0.2, 0.25) is 0 Å². The molecule has 1 saturated heterocycles. The molecule has 21 heavy (non-hydrogen) atoms. The minimum atomic E-state index is -0.431. The summed E-state index contributed by atoms with van der Waals surface area (Å²) < 4.78 is 15.4. The number of ether oxygens (including phenoxy) is 3. The van der Waals surface area contributed by atoms with E-state index in [1.165, 1.54) is 4.90 Å². The number of carbonyl (C=O) groups excluding carboxylic acids is 2. The summed E-state index contributed by atoms with van der Waals surface area (Å²) in [6.45, 7) is 1.59. The van der Waals surface area contributed by atoms with Crippen LogP contribution in [0.1, 0.15) is 12.0 Å². The molecule has 0 saturated carbocycles. The van der Waals surface area contributed by atoms with Gasteiger partial charge in [0.2, 0.25) is 12.7 Å². The highest BCUT2D eigenvalue weighted by molar-refractivity contribution is 5.82. The maximum atomic E-state index is 11.8. The van der Waals surface area contributed by atoms with E-state index in [1.54, 1.807) is 0 Å². The molecule has 0 spiro atoms. The van der Waals surface area contributed by atoms with Crippen molar-refractivity contribution in [2.75, 3.05) is 26.5 Å². The monoisotopic (exact) mass is 292 g/mol. The minimum absolute atomic E-state index is 0.0172. The second kappa shape index (κ2) is 5.90. The lowest BCUT2D eigenvalue weighted by molar-refractivity contribution is -0.122. The number of cyclic esters (lactones) is 1. The van der Waals surface area contributed by atoms with E-state index in [4.69, 9.17) is 14.2 Å². The van der Waals surface area contributed by atoms with E-state index >= 15 is 0 Å². The number of hydrogen-bond donors (Lipinski definition) is 1. The molecule has 1 aromatic carbocycles. The van der Waals surface area contributed by atoms with Gasteiger partial charge in [-0.15, -0.1) is 0 Å². The van der Waals surface area contributed by atoms with Gasteiger partial charge in [0.15, 0.2) is 11.5 Å². The summed E-state index contributed by atoms with van der Waals surface area (Å²) in [5.74, 6) is 1.18. The van der Waals surface area contributed by atoms with Crippen LogP contribution in [-0.2, 0) is 16.1 Å². The van der Waals surface area contributed by atoms with Gasteiger partial charge in [0.1, 0.15) is 6.54 Å². The second-order valence-corrected chi connectivity index (χ2v) is 4.85. The van der Waals surface area contributed by atoms with Gasteiger partial charge in [-0.2, -0.15) is 0 Å². The Kier molecular flexibility index (Phi) is 3.81. The molecule has 0 aromatic heterocycles. The van der Waals surface area contributed by atoms with E-state index < -0.39 is 6.09 Å². The predicted molar refractivity (Wildman–Crippen MR) is 71.9 cm³/mol. The fourth-order valence-electron chi connectivity index (χ4n) is 2.22. The third-order valence-electron chi connectivity index (χ3n) is 3.32. The fraction of sp³-hybridized carbons (Fsp3) is 0.429. The summed E-state index contributed by atoms with van der Waals surface area (Å²) in [5, 5.41) is 2.77. The van der Waals surface area contributed by atoms with Crippen LogP contribution in [0.3, 0.4) is 0 Å². The van der Waals surface area contributed by atoms with E-state index in [1.807, 2.05) is 18.2 Å². The zero-order valence-electron chi connectivity index (χ0n) is 11.5. The molecule has 1 aromatic rings. The Balaban J connectivity index is 1.50. The highest BCUT2D eigenvalue weighted by atomic mass is 16.7. The Bertz CT molecular complexity index is 560. The lowest BCUT2D eigenvalue weighted by Crippen LogP contribution is -2.44. The van der Waals surface area contributed by atoms with Crippen LogP contribution in [0, 0.1) is 0 Å². The Hall–Kier alpha value is -2.44. The lowest BCUT2D eigenvalue weighted by atomic mass is 10.2. The SMILES string of the molecule is O=C(CN1CCCOC1=O)NCc1ccc2c(c1)OCO2. The molecule has 0 atom stereocenters. The van der Waals surface area contributed by atoms with Crippen molar-refractivity contribution in [3.63, 3.8) is 0 Å². The van der Waals surface area contributed by atoms with E-state index in [9.17, 15) is 9.59 Å². The van der Waals surface area contributed by atoms with Gasteiger partial charge >= 0.3 is 6.09 Å². The van der Waals surface area contributed by atoms with E-state index in [2.05, 4.69) is 5.32 Å². The Morgan fingerprint density at radius 3 is 2.95 bits per heavy atom. The quantitative estimate of drug-likeness (QED) is 0.891. The highest BCUT2D eigenvalue weighted by Crippen LogP contribution is 2.32. The van der Waals surface area contributed by atoms with Crippen molar-refractivity contribution >= 4 is 12.0 Å². The Labute approximate surface area is 121 Å². The van der Waals surface area contributed by atoms with E-state index in [-0.39, 0.29) is 19.2 Å². The standard InChI is InChI=1S/C14H16N2O5/c17-13(8-16-4-1-5-19-14(16)18)15-7-10-2-3-11-12(6-10)21-9-20-11/h2-3,6H,1,4-5,7-9H2,(H,15,17). The molecule has 1 fully saturated rings. The van der Waals surface area contributed by atoms with Gasteiger partial charge < -0.3 is 19.5 Å². The maximum Gasteiger partial charge on any atom is 0.410 e. The molecule has 0 radical (unpaired) electrons. The molecule has 2 amide bonds. The third kappa shape index (κ3) is 3.18. The van der Waals surface area contributed by atoms with Crippen molar-refractivity contribution in [3.8, 4) is 11.5 Å². The van der Waals surface area contributed by atoms with Crippen molar-refractivity contribution in [1.29, 1.82) is 0 Å². The summed E-state index contributed by atoms with van der Waals surface area (Å²) in [5.41, 5.74) is 0.911. The van der Waals surface area contributed by atoms with Crippen molar-refractivity contribution < 1.29 is 23.8 Å². The van der Waals surface area contributed by atoms with Gasteiger partial charge in [0.25, 0.3) is 0 Å². The maximum absolute atomic E-state index is 11.8. The molecule has 2 aliphatic rings. The second-order valence-electron chi connectivity index (χ2n) is 4.85. The smallest absolute Gasteiger partial charge is 0.410 e. The molecule has 2 heterocycles. The number of carbonyl (C=O) groups is 2. The van der Waals surface area contributed by atoms with Crippen LogP contribution in [0.15, 0.2) is 18.2 Å². The summed E-state index contributed by atoms with van der Waals surface area (Å²) in [7, 11) is 0. The first-order valence-electron chi connectivity index (χ1n) is 6.79. The summed E-state index contributed by atoms with van der Waals surface area (Å²) in [6, 6.07) is 5.51. The van der Waals surface area contributed by atoms with Crippen LogP contribution >= 0.6 is 0 Å². The molecular weight excluding hydrogens is 276 g/mol. The zero-order valence-corrected chi connectivity index (χ0v) is 11.5. The van der Waals surface area contributed by atoms with Gasteiger partial charge in [-0.25, -0.2) is 4.79 Å². The molecule has 112 valence electrons. The molecule has 0 aliphatic carbocycles. The van der Waals surface area contributed by atoms with Gasteiger partial charge in [-0.05, 0) is 24.1 Å². The van der Waals surface area contributed by atoms with Crippen molar-refractivity contribution in [3.05, 3.63) is 23.8 Å². The van der Waals surface area contributed by atoms with Crippen LogP contribution in [0.5, 0.6) is 11.5 Å². The summed E-state index contributed by atoms with van der Waals surface area (Å²) in [6.07, 6.45) is 0.320. The molecule has 1 N–H and O–H groups in total. The van der Waals surface area contributed by atoms with Crippen molar-refractivity contribution in [2.45, 2.75) is 13.0 Å². The average Bonchev–Trinajstić information content (AvgIpc) is 2.95. The minimum Gasteiger partial charge on any atom is -0.454 e. The number of amides is 2. The van der Waals surface area contributed by atoms with Crippen molar-refractivity contribution in [2.24, 2.45) is 0 Å². The van der Waals surface area contributed by atoms with Crippen LogP contribution < -0.4 is 14.8 Å². The molecule has 7 heteroatoms. The summed E-state index contributed by atoms with van der Waals surface area (Å²) >= 11 is 0. The molecule has 0 bridgehead atoms. The first-order chi connectivity index (χ1) is 10.2. The largest absolute Gasteiger partial charge is 0.454 e. The van der Waals surface area contributed by atoms with Crippen LogP contribution in [-0.4, -0.2) is 43.4 Å². The van der Waals surface area contributed by atoms with Gasteiger partial charge in [0.05, 0.1) is 6.61 Å². The van der Waals surface area contributed by atoms with Crippen LogP contribution in [0.4, 0.5) is 4.79 Å². The number of benzene rings is 1. The Morgan fingerprint density at radius 1 is 1.24 bits per heavy atom.